The van der Waals surface area contributed by atoms with E-state index in [0.717, 1.165) is 17.5 Å². The molecule has 2 atom stereocenters. The first-order valence-corrected chi connectivity index (χ1v) is 7.66. The van der Waals surface area contributed by atoms with Crippen LogP contribution in [0.4, 0.5) is 0 Å². The van der Waals surface area contributed by atoms with Crippen molar-refractivity contribution in [3.05, 3.63) is 71.8 Å². The lowest BCUT2D eigenvalue weighted by Gasteiger charge is -2.40. The Hall–Kier alpha value is -1.64. The zero-order chi connectivity index (χ0) is 15.3. The third kappa shape index (κ3) is 3.17. The van der Waals surface area contributed by atoms with E-state index in [4.69, 9.17) is 5.73 Å². The van der Waals surface area contributed by atoms with E-state index in [1.54, 1.807) is 0 Å². The summed E-state index contributed by atoms with van der Waals surface area (Å²) in [5.41, 5.74) is 7.94. The molecule has 0 aliphatic carbocycles. The van der Waals surface area contributed by atoms with E-state index in [-0.39, 0.29) is 6.04 Å². The molecule has 0 bridgehead atoms. The molecule has 0 aromatic heterocycles. The van der Waals surface area contributed by atoms with Crippen LogP contribution in [0.2, 0.25) is 0 Å². The summed E-state index contributed by atoms with van der Waals surface area (Å²) in [5, 5.41) is 10.9. The van der Waals surface area contributed by atoms with Crippen LogP contribution in [0, 0.1) is 0 Å². The van der Waals surface area contributed by atoms with Gasteiger partial charge in [-0.05, 0) is 30.9 Å². The van der Waals surface area contributed by atoms with Crippen molar-refractivity contribution in [3.63, 3.8) is 0 Å². The van der Waals surface area contributed by atoms with Crippen molar-refractivity contribution in [1.82, 2.24) is 0 Å². The molecule has 3 N–H and O–H groups in total. The summed E-state index contributed by atoms with van der Waals surface area (Å²) < 4.78 is 0. The number of aliphatic hydroxyl groups is 1. The maximum Gasteiger partial charge on any atom is 0.0675 e. The molecule has 21 heavy (non-hydrogen) atoms. The van der Waals surface area contributed by atoms with Gasteiger partial charge in [-0.25, -0.2) is 0 Å². The SMILES string of the molecule is CCC(O)C(CC(C)N)(c1ccccc1)c1ccccc1. The molecule has 0 amide bonds. The monoisotopic (exact) mass is 283 g/mol. The van der Waals surface area contributed by atoms with Gasteiger partial charge in [0.15, 0.2) is 0 Å². The summed E-state index contributed by atoms with van der Waals surface area (Å²) in [6.07, 6.45) is 0.945. The Morgan fingerprint density at radius 1 is 0.952 bits per heavy atom. The molecule has 2 unspecified atom stereocenters. The minimum atomic E-state index is -0.465. The largest absolute Gasteiger partial charge is 0.392 e. The quantitative estimate of drug-likeness (QED) is 0.852. The van der Waals surface area contributed by atoms with Crippen LogP contribution in [0.15, 0.2) is 60.7 Å². The molecule has 0 heterocycles. The van der Waals surface area contributed by atoms with Crippen molar-refractivity contribution < 1.29 is 5.11 Å². The van der Waals surface area contributed by atoms with E-state index in [1.165, 1.54) is 0 Å². The number of benzene rings is 2. The van der Waals surface area contributed by atoms with Gasteiger partial charge in [-0.2, -0.15) is 0 Å². The lowest BCUT2D eigenvalue weighted by Crippen LogP contribution is -2.44. The molecule has 2 nitrogen and oxygen atoms in total. The Morgan fingerprint density at radius 3 is 1.71 bits per heavy atom. The van der Waals surface area contributed by atoms with E-state index < -0.39 is 11.5 Å². The summed E-state index contributed by atoms with van der Waals surface area (Å²) in [5.74, 6) is 0. The lowest BCUT2D eigenvalue weighted by molar-refractivity contribution is 0.0891. The van der Waals surface area contributed by atoms with E-state index in [2.05, 4.69) is 24.3 Å². The third-order valence-corrected chi connectivity index (χ3v) is 4.18. The van der Waals surface area contributed by atoms with Crippen LogP contribution in [0.1, 0.15) is 37.8 Å². The van der Waals surface area contributed by atoms with Gasteiger partial charge in [-0.3, -0.25) is 0 Å². The number of hydrogen-bond acceptors (Lipinski definition) is 2. The van der Waals surface area contributed by atoms with Crippen LogP contribution in [0.25, 0.3) is 0 Å². The zero-order valence-electron chi connectivity index (χ0n) is 12.9. The maximum absolute atomic E-state index is 10.9. The predicted molar refractivity (Wildman–Crippen MR) is 88.2 cm³/mol. The van der Waals surface area contributed by atoms with Crippen LogP contribution < -0.4 is 5.73 Å². The first kappa shape index (κ1) is 15.7. The fourth-order valence-electron chi connectivity index (χ4n) is 3.25. The molecule has 0 spiro atoms. The fourth-order valence-corrected chi connectivity index (χ4v) is 3.25. The lowest BCUT2D eigenvalue weighted by atomic mass is 9.66. The molecular weight excluding hydrogens is 258 g/mol. The maximum atomic E-state index is 10.9. The molecular formula is C19H25NO. The number of nitrogens with two attached hydrogens (primary N) is 1. The second-order valence-electron chi connectivity index (χ2n) is 5.81. The summed E-state index contributed by atoms with van der Waals surface area (Å²) in [7, 11) is 0. The van der Waals surface area contributed by atoms with Gasteiger partial charge in [-0.15, -0.1) is 0 Å². The Balaban J connectivity index is 2.65. The van der Waals surface area contributed by atoms with Crippen molar-refractivity contribution in [3.8, 4) is 0 Å². The molecule has 2 heteroatoms. The number of rotatable bonds is 6. The molecule has 0 saturated heterocycles. The Morgan fingerprint density at radius 2 is 1.38 bits per heavy atom. The third-order valence-electron chi connectivity index (χ3n) is 4.18. The minimum Gasteiger partial charge on any atom is -0.392 e. The van der Waals surface area contributed by atoms with E-state index >= 15 is 0 Å². The summed E-state index contributed by atoms with van der Waals surface area (Å²) in [6.45, 7) is 4.02. The van der Waals surface area contributed by atoms with Gasteiger partial charge >= 0.3 is 0 Å². The summed E-state index contributed by atoms with van der Waals surface area (Å²) >= 11 is 0. The normalized spacial score (nSPS) is 14.7. The molecule has 0 aliphatic heterocycles. The molecule has 0 radical (unpaired) electrons. The van der Waals surface area contributed by atoms with Crippen LogP contribution in [0.3, 0.4) is 0 Å². The standard InChI is InChI=1S/C19H25NO/c1-3-18(21)19(14-15(2)20,16-10-6-4-7-11-16)17-12-8-5-9-13-17/h4-13,15,18,21H,3,14,20H2,1-2H3. The van der Waals surface area contributed by atoms with E-state index in [1.807, 2.05) is 50.2 Å². The predicted octanol–water partition coefficient (Wildman–Crippen LogP) is 3.48. The molecule has 0 aliphatic rings. The van der Waals surface area contributed by atoms with Crippen LogP contribution >= 0.6 is 0 Å². The number of aliphatic hydroxyl groups excluding tert-OH is 1. The Bertz CT molecular complexity index is 497. The second kappa shape index (κ2) is 6.88. The van der Waals surface area contributed by atoms with Gasteiger partial charge in [0.1, 0.15) is 0 Å². The van der Waals surface area contributed by atoms with Crippen LogP contribution in [0.5, 0.6) is 0 Å². The molecule has 112 valence electrons. The topological polar surface area (TPSA) is 46.2 Å². The minimum absolute atomic E-state index is 0.00612. The van der Waals surface area contributed by atoms with Gasteiger partial charge in [0.2, 0.25) is 0 Å². The first-order chi connectivity index (χ1) is 10.1. The molecule has 2 rings (SSSR count). The molecule has 0 saturated carbocycles. The van der Waals surface area contributed by atoms with E-state index in [9.17, 15) is 5.11 Å². The van der Waals surface area contributed by atoms with Gasteiger partial charge in [0, 0.05) is 11.5 Å². The van der Waals surface area contributed by atoms with Gasteiger partial charge < -0.3 is 10.8 Å². The van der Waals surface area contributed by atoms with Crippen molar-refractivity contribution in [2.75, 3.05) is 0 Å². The molecule has 2 aromatic carbocycles. The van der Waals surface area contributed by atoms with Crippen molar-refractivity contribution in [1.29, 1.82) is 0 Å². The second-order valence-corrected chi connectivity index (χ2v) is 5.81. The summed E-state index contributed by atoms with van der Waals surface area (Å²) in [4.78, 5) is 0. The molecule has 0 fully saturated rings. The fraction of sp³-hybridized carbons (Fsp3) is 0.368. The molecule has 2 aromatic rings. The van der Waals surface area contributed by atoms with Gasteiger partial charge in [-0.1, -0.05) is 67.6 Å². The average molecular weight is 283 g/mol. The van der Waals surface area contributed by atoms with Gasteiger partial charge in [0.05, 0.1) is 6.10 Å². The number of hydrogen-bond donors (Lipinski definition) is 2. The Kier molecular flexibility index (Phi) is 5.16. The highest BCUT2D eigenvalue weighted by atomic mass is 16.3. The highest BCUT2D eigenvalue weighted by Crippen LogP contribution is 2.40. The Labute approximate surface area is 127 Å². The highest BCUT2D eigenvalue weighted by molar-refractivity contribution is 5.41. The van der Waals surface area contributed by atoms with Gasteiger partial charge in [0.25, 0.3) is 0 Å². The smallest absolute Gasteiger partial charge is 0.0675 e. The van der Waals surface area contributed by atoms with Crippen molar-refractivity contribution in [2.45, 2.75) is 44.2 Å². The summed E-state index contributed by atoms with van der Waals surface area (Å²) in [6, 6.07) is 20.5. The zero-order valence-corrected chi connectivity index (χ0v) is 12.9. The first-order valence-electron chi connectivity index (χ1n) is 7.66. The van der Waals surface area contributed by atoms with E-state index in [0.29, 0.717) is 6.42 Å². The van der Waals surface area contributed by atoms with Crippen LogP contribution in [-0.4, -0.2) is 17.3 Å². The average Bonchev–Trinajstić information content (AvgIpc) is 2.53. The van der Waals surface area contributed by atoms with Crippen LogP contribution in [-0.2, 0) is 5.41 Å². The van der Waals surface area contributed by atoms with Crippen molar-refractivity contribution >= 4 is 0 Å². The van der Waals surface area contributed by atoms with Crippen molar-refractivity contribution in [2.24, 2.45) is 5.73 Å². The highest BCUT2D eigenvalue weighted by Gasteiger charge is 2.40.